The average Bonchev–Trinajstić information content (AvgIpc) is 2.63. The van der Waals surface area contributed by atoms with Crippen molar-refractivity contribution >= 4 is 11.8 Å². The molecule has 1 rings (SSSR count). The van der Waals surface area contributed by atoms with Gasteiger partial charge < -0.3 is 9.42 Å². The van der Waals surface area contributed by atoms with E-state index in [-0.39, 0.29) is 17.0 Å². The zero-order valence-corrected chi connectivity index (χ0v) is 13.0. The van der Waals surface area contributed by atoms with Gasteiger partial charge in [0.1, 0.15) is 5.76 Å². The molecule has 0 unspecified atom stereocenters. The zero-order chi connectivity index (χ0) is 14.8. The summed E-state index contributed by atoms with van der Waals surface area (Å²) >= 11 is 0. The minimum atomic E-state index is -0.227. The highest BCUT2D eigenvalue weighted by molar-refractivity contribution is 5.88. The molecule has 19 heavy (non-hydrogen) atoms. The number of hydrogen-bond donors (Lipinski definition) is 1. The van der Waals surface area contributed by atoms with Gasteiger partial charge in [-0.1, -0.05) is 25.9 Å². The molecule has 0 fully saturated rings. The van der Waals surface area contributed by atoms with E-state index in [2.05, 4.69) is 10.5 Å². The minimum absolute atomic E-state index is 0.121. The molecule has 2 amide bonds. The lowest BCUT2D eigenvalue weighted by Gasteiger charge is -2.34. The predicted octanol–water partition coefficient (Wildman–Crippen LogP) is 3.62. The Morgan fingerprint density at radius 1 is 1.32 bits per heavy atom. The van der Waals surface area contributed by atoms with Crippen molar-refractivity contribution in [2.24, 2.45) is 0 Å². The Morgan fingerprint density at radius 3 is 2.26 bits per heavy atom. The number of carbonyl (C=O) groups excluding carboxylic acids is 1. The van der Waals surface area contributed by atoms with E-state index in [9.17, 15) is 4.79 Å². The standard InChI is InChI=1S/C14H25N3O2/c1-8-17(14(5,6)7)12(18)15-11-9-10(19-16-11)13(2,3)4/h9H,8H2,1-7H3,(H,15,16,18). The maximum absolute atomic E-state index is 12.2. The van der Waals surface area contributed by atoms with Gasteiger partial charge in [-0.05, 0) is 27.7 Å². The van der Waals surface area contributed by atoms with Gasteiger partial charge in [-0.25, -0.2) is 4.79 Å². The van der Waals surface area contributed by atoms with E-state index in [1.54, 1.807) is 11.0 Å². The Kier molecular flexibility index (Phi) is 4.28. The van der Waals surface area contributed by atoms with Crippen LogP contribution >= 0.6 is 0 Å². The monoisotopic (exact) mass is 267 g/mol. The van der Waals surface area contributed by atoms with E-state index < -0.39 is 0 Å². The van der Waals surface area contributed by atoms with Crippen LogP contribution in [0, 0.1) is 0 Å². The van der Waals surface area contributed by atoms with Crippen molar-refractivity contribution in [3.05, 3.63) is 11.8 Å². The third-order valence-corrected chi connectivity index (χ3v) is 2.86. The molecule has 1 aromatic heterocycles. The molecule has 0 aliphatic carbocycles. The van der Waals surface area contributed by atoms with Gasteiger partial charge in [0.25, 0.3) is 0 Å². The van der Waals surface area contributed by atoms with Crippen molar-refractivity contribution in [2.75, 3.05) is 11.9 Å². The molecule has 5 nitrogen and oxygen atoms in total. The summed E-state index contributed by atoms with van der Waals surface area (Å²) in [6, 6.07) is 1.61. The van der Waals surface area contributed by atoms with Crippen molar-refractivity contribution in [3.8, 4) is 0 Å². The first-order valence-electron chi connectivity index (χ1n) is 6.61. The summed E-state index contributed by atoms with van der Waals surface area (Å²) < 4.78 is 5.25. The Morgan fingerprint density at radius 2 is 1.89 bits per heavy atom. The van der Waals surface area contributed by atoms with Crippen LogP contribution in [0.2, 0.25) is 0 Å². The van der Waals surface area contributed by atoms with Gasteiger partial charge in [0.05, 0.1) is 0 Å². The molecule has 1 heterocycles. The number of aromatic nitrogens is 1. The molecule has 1 N–H and O–H groups in total. The van der Waals surface area contributed by atoms with Gasteiger partial charge in [0.15, 0.2) is 5.82 Å². The number of anilines is 1. The van der Waals surface area contributed by atoms with E-state index in [0.29, 0.717) is 12.4 Å². The average molecular weight is 267 g/mol. The van der Waals surface area contributed by atoms with Gasteiger partial charge in [0, 0.05) is 23.6 Å². The lowest BCUT2D eigenvalue weighted by atomic mass is 9.93. The second-order valence-corrected chi connectivity index (χ2v) is 6.67. The Hall–Kier alpha value is -1.52. The Balaban J connectivity index is 2.80. The summed E-state index contributed by atoms with van der Waals surface area (Å²) in [4.78, 5) is 13.9. The first kappa shape index (κ1) is 15.5. The van der Waals surface area contributed by atoms with Crippen LogP contribution in [0.15, 0.2) is 10.6 Å². The van der Waals surface area contributed by atoms with Crippen LogP contribution in [0.1, 0.15) is 54.2 Å². The number of rotatable bonds is 2. The van der Waals surface area contributed by atoms with Crippen molar-refractivity contribution in [1.82, 2.24) is 10.1 Å². The Bertz CT molecular complexity index is 438. The molecule has 0 bridgehead atoms. The van der Waals surface area contributed by atoms with E-state index in [1.165, 1.54) is 0 Å². The predicted molar refractivity (Wildman–Crippen MR) is 76.4 cm³/mol. The Labute approximate surface area is 115 Å². The molecule has 0 saturated heterocycles. The van der Waals surface area contributed by atoms with E-state index >= 15 is 0 Å². The van der Waals surface area contributed by atoms with Crippen LogP contribution in [0.4, 0.5) is 10.6 Å². The molecule has 1 aromatic rings. The summed E-state index contributed by atoms with van der Waals surface area (Å²) in [6.07, 6.45) is 0. The number of nitrogens with one attached hydrogen (secondary N) is 1. The van der Waals surface area contributed by atoms with Crippen LogP contribution in [0.3, 0.4) is 0 Å². The number of carbonyl (C=O) groups is 1. The van der Waals surface area contributed by atoms with E-state index in [4.69, 9.17) is 4.52 Å². The summed E-state index contributed by atoms with van der Waals surface area (Å²) in [5.41, 5.74) is -0.347. The largest absolute Gasteiger partial charge is 0.359 e. The quantitative estimate of drug-likeness (QED) is 0.890. The first-order valence-corrected chi connectivity index (χ1v) is 6.61. The van der Waals surface area contributed by atoms with Crippen molar-refractivity contribution in [2.45, 2.75) is 59.4 Å². The molecule has 108 valence electrons. The molecule has 0 atom stereocenters. The molecule has 0 radical (unpaired) electrons. The topological polar surface area (TPSA) is 58.4 Å². The molecule has 0 spiro atoms. The summed E-state index contributed by atoms with van der Waals surface area (Å²) in [5, 5.41) is 6.66. The van der Waals surface area contributed by atoms with Gasteiger partial charge in [-0.3, -0.25) is 5.32 Å². The fourth-order valence-electron chi connectivity index (χ4n) is 1.79. The number of nitrogens with zero attached hydrogens (tertiary/aromatic N) is 2. The summed E-state index contributed by atoms with van der Waals surface area (Å²) in [6.45, 7) is 14.7. The van der Waals surface area contributed by atoms with Gasteiger partial charge in [-0.15, -0.1) is 0 Å². The number of amides is 2. The van der Waals surface area contributed by atoms with Crippen LogP contribution in [0.5, 0.6) is 0 Å². The van der Waals surface area contributed by atoms with E-state index in [0.717, 1.165) is 5.76 Å². The van der Waals surface area contributed by atoms with Crippen LogP contribution in [-0.4, -0.2) is 28.2 Å². The number of hydrogen-bond acceptors (Lipinski definition) is 3. The molecule has 0 aromatic carbocycles. The first-order chi connectivity index (χ1) is 8.55. The maximum Gasteiger partial charge on any atom is 0.323 e. The highest BCUT2D eigenvalue weighted by atomic mass is 16.5. The molecule has 0 saturated carbocycles. The van der Waals surface area contributed by atoms with Crippen molar-refractivity contribution in [3.63, 3.8) is 0 Å². The van der Waals surface area contributed by atoms with Crippen LogP contribution in [0.25, 0.3) is 0 Å². The lowest BCUT2D eigenvalue weighted by Crippen LogP contribution is -2.47. The highest BCUT2D eigenvalue weighted by Crippen LogP contribution is 2.24. The van der Waals surface area contributed by atoms with Crippen molar-refractivity contribution < 1.29 is 9.32 Å². The zero-order valence-electron chi connectivity index (χ0n) is 13.0. The number of urea groups is 1. The maximum atomic E-state index is 12.2. The molecule has 0 aliphatic rings. The van der Waals surface area contributed by atoms with Gasteiger partial charge >= 0.3 is 6.03 Å². The molecular formula is C14H25N3O2. The summed E-state index contributed by atoms with van der Waals surface area (Å²) in [7, 11) is 0. The lowest BCUT2D eigenvalue weighted by molar-refractivity contribution is 0.162. The fraction of sp³-hybridized carbons (Fsp3) is 0.714. The third-order valence-electron chi connectivity index (χ3n) is 2.86. The fourth-order valence-corrected chi connectivity index (χ4v) is 1.79. The smallest absolute Gasteiger partial charge is 0.323 e. The van der Waals surface area contributed by atoms with Crippen LogP contribution in [-0.2, 0) is 5.41 Å². The van der Waals surface area contributed by atoms with Crippen molar-refractivity contribution in [1.29, 1.82) is 0 Å². The van der Waals surface area contributed by atoms with Gasteiger partial charge in [0.2, 0.25) is 0 Å². The SMILES string of the molecule is CCN(C(=O)Nc1cc(C(C)(C)C)on1)C(C)(C)C. The minimum Gasteiger partial charge on any atom is -0.359 e. The van der Waals surface area contributed by atoms with Gasteiger partial charge in [-0.2, -0.15) is 0 Å². The molecular weight excluding hydrogens is 242 g/mol. The van der Waals surface area contributed by atoms with Crippen LogP contribution < -0.4 is 5.32 Å². The normalized spacial score (nSPS) is 12.4. The highest BCUT2D eigenvalue weighted by Gasteiger charge is 2.26. The van der Waals surface area contributed by atoms with E-state index in [1.807, 2.05) is 48.5 Å². The summed E-state index contributed by atoms with van der Waals surface area (Å²) in [5.74, 6) is 1.21. The second-order valence-electron chi connectivity index (χ2n) is 6.67. The third kappa shape index (κ3) is 3.98. The second kappa shape index (κ2) is 5.23. The molecule has 0 aliphatic heterocycles. The molecule has 5 heteroatoms.